The number of phenols is 1. The first-order valence-electron chi connectivity index (χ1n) is 6.45. The summed E-state index contributed by atoms with van der Waals surface area (Å²) in [7, 11) is 1.53. The van der Waals surface area contributed by atoms with Crippen LogP contribution in [0.5, 0.6) is 11.5 Å². The molecule has 0 spiro atoms. The number of ether oxygens (including phenoxy) is 1. The van der Waals surface area contributed by atoms with E-state index in [-0.39, 0.29) is 5.75 Å². The van der Waals surface area contributed by atoms with Crippen molar-refractivity contribution in [2.24, 2.45) is 4.99 Å². The monoisotopic (exact) mass is 321 g/mol. The minimum absolute atomic E-state index is 0.120. The summed E-state index contributed by atoms with van der Waals surface area (Å²) in [5, 5.41) is 10.7. The van der Waals surface area contributed by atoms with Crippen LogP contribution in [0.3, 0.4) is 0 Å². The van der Waals surface area contributed by atoms with E-state index in [0.29, 0.717) is 17.9 Å². The highest BCUT2D eigenvalue weighted by atomic mass is 35.5. The van der Waals surface area contributed by atoms with Gasteiger partial charge in [-0.2, -0.15) is 0 Å². The van der Waals surface area contributed by atoms with Gasteiger partial charge >= 0.3 is 0 Å². The summed E-state index contributed by atoms with van der Waals surface area (Å²) in [5.74, 6) is 1.44. The maximum absolute atomic E-state index is 9.92. The predicted molar refractivity (Wildman–Crippen MR) is 89.3 cm³/mol. The van der Waals surface area contributed by atoms with Crippen molar-refractivity contribution < 1.29 is 9.84 Å². The third kappa shape index (κ3) is 4.69. The first-order chi connectivity index (χ1) is 10.2. The van der Waals surface area contributed by atoms with Crippen molar-refractivity contribution in [1.29, 1.82) is 0 Å². The van der Waals surface area contributed by atoms with Gasteiger partial charge in [0.2, 0.25) is 0 Å². The Kier molecular flexibility index (Phi) is 5.96. The number of para-hydroxylation sites is 1. The normalized spacial score (nSPS) is 11.0. The van der Waals surface area contributed by atoms with Crippen molar-refractivity contribution in [3.8, 4) is 11.5 Å². The molecule has 0 fully saturated rings. The van der Waals surface area contributed by atoms with Gasteiger partial charge in [0.05, 0.1) is 7.11 Å². The average Bonchev–Trinajstić information content (AvgIpc) is 2.50. The van der Waals surface area contributed by atoms with Crippen LogP contribution in [0.15, 0.2) is 52.4 Å². The molecule has 0 radical (unpaired) electrons. The zero-order valence-corrected chi connectivity index (χ0v) is 13.2. The highest BCUT2D eigenvalue weighted by Gasteiger charge is 2.04. The number of hydrogen-bond donors (Lipinski definition) is 1. The lowest BCUT2D eigenvalue weighted by molar-refractivity contribution is 0.373. The Morgan fingerprint density at radius 2 is 2.00 bits per heavy atom. The van der Waals surface area contributed by atoms with Gasteiger partial charge in [-0.25, -0.2) is 0 Å². The van der Waals surface area contributed by atoms with Crippen LogP contribution in [0.4, 0.5) is 0 Å². The van der Waals surface area contributed by atoms with Crippen molar-refractivity contribution >= 4 is 29.6 Å². The van der Waals surface area contributed by atoms with Crippen molar-refractivity contribution in [2.45, 2.75) is 4.90 Å². The second-order valence-electron chi connectivity index (χ2n) is 4.24. The van der Waals surface area contributed by atoms with Gasteiger partial charge in [0.1, 0.15) is 0 Å². The van der Waals surface area contributed by atoms with Crippen LogP contribution >= 0.6 is 23.4 Å². The zero-order valence-electron chi connectivity index (χ0n) is 11.6. The Bertz CT molecular complexity index is 614. The third-order valence-corrected chi connectivity index (χ3v) is 4.03. The van der Waals surface area contributed by atoms with Gasteiger partial charge in [0, 0.05) is 34.0 Å². The van der Waals surface area contributed by atoms with Gasteiger partial charge in [-0.15, -0.1) is 11.8 Å². The number of hydrogen-bond acceptors (Lipinski definition) is 4. The molecule has 2 aromatic rings. The van der Waals surface area contributed by atoms with E-state index in [9.17, 15) is 5.11 Å². The molecule has 0 aliphatic heterocycles. The molecule has 0 aliphatic rings. The van der Waals surface area contributed by atoms with Gasteiger partial charge in [0.15, 0.2) is 11.5 Å². The van der Waals surface area contributed by atoms with Crippen LogP contribution in [-0.4, -0.2) is 30.7 Å². The molecular formula is C16H16ClNO2S. The lowest BCUT2D eigenvalue weighted by atomic mass is 10.2. The Labute approximate surface area is 133 Å². The number of benzene rings is 2. The standard InChI is InChI=1S/C16H16ClNO2S/c1-20-15-4-2-3-12(16(15)19)11-18-9-10-21-14-7-5-13(17)6-8-14/h2-8,11,19H,9-10H2,1H3. The fourth-order valence-electron chi connectivity index (χ4n) is 1.72. The van der Waals surface area contributed by atoms with Crippen LogP contribution in [0.2, 0.25) is 5.02 Å². The largest absolute Gasteiger partial charge is 0.504 e. The Hall–Kier alpha value is -1.65. The number of nitrogens with zero attached hydrogens (tertiary/aromatic N) is 1. The van der Waals surface area contributed by atoms with Crippen molar-refractivity contribution in [1.82, 2.24) is 0 Å². The fraction of sp³-hybridized carbons (Fsp3) is 0.188. The number of methoxy groups -OCH3 is 1. The molecule has 0 amide bonds. The van der Waals surface area contributed by atoms with Gasteiger partial charge < -0.3 is 9.84 Å². The smallest absolute Gasteiger partial charge is 0.166 e. The van der Waals surface area contributed by atoms with E-state index in [1.807, 2.05) is 30.3 Å². The van der Waals surface area contributed by atoms with E-state index in [1.165, 1.54) is 12.0 Å². The van der Waals surface area contributed by atoms with Crippen LogP contribution in [-0.2, 0) is 0 Å². The molecule has 0 aliphatic carbocycles. The second-order valence-corrected chi connectivity index (χ2v) is 5.84. The van der Waals surface area contributed by atoms with E-state index in [1.54, 1.807) is 30.1 Å². The van der Waals surface area contributed by atoms with Crippen LogP contribution in [0, 0.1) is 0 Å². The molecule has 0 unspecified atom stereocenters. The summed E-state index contributed by atoms with van der Waals surface area (Å²) in [6, 6.07) is 13.1. The number of rotatable bonds is 6. The van der Waals surface area contributed by atoms with Crippen LogP contribution < -0.4 is 4.74 Å². The first kappa shape index (κ1) is 15.7. The van der Waals surface area contributed by atoms with Crippen LogP contribution in [0.1, 0.15) is 5.56 Å². The summed E-state index contributed by atoms with van der Waals surface area (Å²) in [6.07, 6.45) is 1.67. The quantitative estimate of drug-likeness (QED) is 0.491. The third-order valence-electron chi connectivity index (χ3n) is 2.78. The maximum Gasteiger partial charge on any atom is 0.166 e. The number of thioether (sulfide) groups is 1. The van der Waals surface area contributed by atoms with Crippen LogP contribution in [0.25, 0.3) is 0 Å². The lowest BCUT2D eigenvalue weighted by Gasteiger charge is -2.04. The van der Waals surface area contributed by atoms with E-state index >= 15 is 0 Å². The Morgan fingerprint density at radius 1 is 1.24 bits per heavy atom. The van der Waals surface area contributed by atoms with Crippen molar-refractivity contribution in [3.63, 3.8) is 0 Å². The Morgan fingerprint density at radius 3 is 2.71 bits per heavy atom. The molecule has 0 heterocycles. The predicted octanol–water partition coefficient (Wildman–Crippen LogP) is 4.27. The Balaban J connectivity index is 1.84. The van der Waals surface area contributed by atoms with Gasteiger partial charge in [0.25, 0.3) is 0 Å². The first-order valence-corrected chi connectivity index (χ1v) is 7.81. The fourth-order valence-corrected chi connectivity index (χ4v) is 2.61. The summed E-state index contributed by atoms with van der Waals surface area (Å²) in [4.78, 5) is 5.49. The molecular weight excluding hydrogens is 306 g/mol. The number of aromatic hydroxyl groups is 1. The van der Waals surface area contributed by atoms with E-state index in [0.717, 1.165) is 10.8 Å². The zero-order chi connectivity index (χ0) is 15.1. The molecule has 0 saturated heterocycles. The summed E-state index contributed by atoms with van der Waals surface area (Å²) >= 11 is 7.55. The highest BCUT2D eigenvalue weighted by molar-refractivity contribution is 7.99. The molecule has 0 aromatic heterocycles. The van der Waals surface area contributed by atoms with Crippen molar-refractivity contribution in [3.05, 3.63) is 53.1 Å². The summed E-state index contributed by atoms with van der Waals surface area (Å²) in [5.41, 5.74) is 0.658. The molecule has 2 aromatic carbocycles. The highest BCUT2D eigenvalue weighted by Crippen LogP contribution is 2.28. The van der Waals surface area contributed by atoms with Gasteiger partial charge in [-0.05, 0) is 36.4 Å². The molecule has 5 heteroatoms. The van der Waals surface area contributed by atoms with Gasteiger partial charge in [-0.1, -0.05) is 17.7 Å². The summed E-state index contributed by atoms with van der Waals surface area (Å²) < 4.78 is 5.05. The molecule has 0 atom stereocenters. The molecule has 110 valence electrons. The van der Waals surface area contributed by atoms with Gasteiger partial charge in [-0.3, -0.25) is 4.99 Å². The molecule has 0 bridgehead atoms. The van der Waals surface area contributed by atoms with Crippen molar-refractivity contribution in [2.75, 3.05) is 19.4 Å². The minimum atomic E-state index is 0.120. The number of aliphatic imine (C=N–C) groups is 1. The maximum atomic E-state index is 9.92. The number of phenolic OH excluding ortho intramolecular Hbond substituents is 1. The molecule has 1 N–H and O–H groups in total. The lowest BCUT2D eigenvalue weighted by Crippen LogP contribution is -1.91. The average molecular weight is 322 g/mol. The van der Waals surface area contributed by atoms with E-state index < -0.39 is 0 Å². The molecule has 21 heavy (non-hydrogen) atoms. The molecule has 3 nitrogen and oxygen atoms in total. The second kappa shape index (κ2) is 7.96. The van der Waals surface area contributed by atoms with E-state index in [4.69, 9.17) is 16.3 Å². The minimum Gasteiger partial charge on any atom is -0.504 e. The SMILES string of the molecule is COc1cccc(C=NCCSc2ccc(Cl)cc2)c1O. The summed E-state index contributed by atoms with van der Waals surface area (Å²) in [6.45, 7) is 0.671. The molecule has 0 saturated carbocycles. The molecule has 2 rings (SSSR count). The number of halogens is 1. The van der Waals surface area contributed by atoms with E-state index in [2.05, 4.69) is 4.99 Å². The topological polar surface area (TPSA) is 41.8 Å².